The van der Waals surface area contributed by atoms with Crippen LogP contribution in [-0.4, -0.2) is 13.0 Å². The third-order valence-electron chi connectivity index (χ3n) is 3.32. The molecule has 0 heterocycles. The molecule has 0 saturated carbocycles. The van der Waals surface area contributed by atoms with Crippen molar-refractivity contribution >= 4 is 17.3 Å². The summed E-state index contributed by atoms with van der Waals surface area (Å²) in [5.74, 6) is -0.878. The van der Waals surface area contributed by atoms with Gasteiger partial charge in [-0.3, -0.25) is 4.79 Å². The Hall–Kier alpha value is -2.87. The maximum absolute atomic E-state index is 13.7. The lowest BCUT2D eigenvalue weighted by atomic mass is 10.1. The van der Waals surface area contributed by atoms with Crippen LogP contribution in [0.25, 0.3) is 0 Å². The minimum atomic E-state index is -0.508. The summed E-state index contributed by atoms with van der Waals surface area (Å²) < 4.78 is 13.7. The van der Waals surface area contributed by atoms with Crippen molar-refractivity contribution in [2.24, 2.45) is 0 Å². The van der Waals surface area contributed by atoms with E-state index in [2.05, 4.69) is 0 Å². The molecule has 2 aromatic carbocycles. The number of anilines is 2. The molecule has 0 radical (unpaired) electrons. The first-order valence-electron chi connectivity index (χ1n) is 6.28. The zero-order valence-electron chi connectivity index (χ0n) is 11.7. The molecule has 2 aromatic rings. The van der Waals surface area contributed by atoms with Crippen LogP contribution in [0, 0.1) is 24.1 Å². The highest BCUT2D eigenvalue weighted by Gasteiger charge is 2.16. The van der Waals surface area contributed by atoms with Crippen LogP contribution in [0.5, 0.6) is 0 Å². The highest BCUT2D eigenvalue weighted by Crippen LogP contribution is 2.21. The van der Waals surface area contributed by atoms with Gasteiger partial charge >= 0.3 is 0 Å². The minimum absolute atomic E-state index is 0.183. The van der Waals surface area contributed by atoms with Crippen LogP contribution in [0.4, 0.5) is 15.8 Å². The number of nitrogens with zero attached hydrogens (tertiary/aromatic N) is 2. The standard InChI is InChI=1S/C16H14FN3O/c1-10-14(17)7-12(8-15(10)19)16(21)20(2)13-5-3-11(9-18)4-6-13/h3-8H,19H2,1-2H3. The highest BCUT2D eigenvalue weighted by molar-refractivity contribution is 6.06. The second-order valence-electron chi connectivity index (χ2n) is 4.70. The van der Waals surface area contributed by atoms with Crippen molar-refractivity contribution in [3.05, 3.63) is 58.9 Å². The van der Waals surface area contributed by atoms with Crippen LogP contribution in [-0.2, 0) is 0 Å². The van der Waals surface area contributed by atoms with Gasteiger partial charge in [0, 0.05) is 29.5 Å². The maximum Gasteiger partial charge on any atom is 0.258 e. The first-order valence-corrected chi connectivity index (χ1v) is 6.28. The molecule has 0 aliphatic rings. The number of carbonyl (C=O) groups excluding carboxylic acids is 1. The van der Waals surface area contributed by atoms with Crippen LogP contribution in [0.2, 0.25) is 0 Å². The molecule has 2 rings (SSSR count). The fourth-order valence-corrected chi connectivity index (χ4v) is 1.89. The van der Waals surface area contributed by atoms with Gasteiger partial charge in [-0.15, -0.1) is 0 Å². The van der Waals surface area contributed by atoms with Gasteiger partial charge < -0.3 is 10.6 Å². The number of hydrogen-bond acceptors (Lipinski definition) is 3. The number of benzene rings is 2. The zero-order chi connectivity index (χ0) is 15.6. The van der Waals surface area contributed by atoms with Crippen LogP contribution >= 0.6 is 0 Å². The van der Waals surface area contributed by atoms with Gasteiger partial charge in [0.2, 0.25) is 0 Å². The molecule has 2 N–H and O–H groups in total. The number of rotatable bonds is 2. The smallest absolute Gasteiger partial charge is 0.258 e. The molecule has 5 heteroatoms. The molecular weight excluding hydrogens is 269 g/mol. The predicted molar refractivity (Wildman–Crippen MR) is 79.4 cm³/mol. The zero-order valence-corrected chi connectivity index (χ0v) is 11.7. The van der Waals surface area contributed by atoms with Crippen molar-refractivity contribution in [1.82, 2.24) is 0 Å². The second-order valence-corrected chi connectivity index (χ2v) is 4.70. The van der Waals surface area contributed by atoms with E-state index in [4.69, 9.17) is 11.0 Å². The Labute approximate surface area is 122 Å². The molecule has 0 aliphatic carbocycles. The molecule has 106 valence electrons. The lowest BCUT2D eigenvalue weighted by Gasteiger charge is -2.18. The van der Waals surface area contributed by atoms with E-state index in [1.54, 1.807) is 38.2 Å². The molecule has 0 aliphatic heterocycles. The van der Waals surface area contributed by atoms with E-state index in [1.165, 1.54) is 17.0 Å². The molecule has 4 nitrogen and oxygen atoms in total. The summed E-state index contributed by atoms with van der Waals surface area (Å²) in [6, 6.07) is 11.2. The Morgan fingerprint density at radius 1 is 1.29 bits per heavy atom. The molecule has 0 fully saturated rings. The van der Waals surface area contributed by atoms with E-state index in [9.17, 15) is 9.18 Å². The number of carbonyl (C=O) groups is 1. The highest BCUT2D eigenvalue weighted by atomic mass is 19.1. The number of nitrogens with two attached hydrogens (primary N) is 1. The molecule has 0 bridgehead atoms. The number of amides is 1. The van der Waals surface area contributed by atoms with Crippen molar-refractivity contribution in [2.45, 2.75) is 6.92 Å². The quantitative estimate of drug-likeness (QED) is 0.861. The molecule has 0 unspecified atom stereocenters. The average molecular weight is 283 g/mol. The average Bonchev–Trinajstić information content (AvgIpc) is 2.50. The monoisotopic (exact) mass is 283 g/mol. The largest absolute Gasteiger partial charge is 0.398 e. The topological polar surface area (TPSA) is 70.1 Å². The van der Waals surface area contributed by atoms with Crippen molar-refractivity contribution in [3.63, 3.8) is 0 Å². The van der Waals surface area contributed by atoms with Gasteiger partial charge in [-0.1, -0.05) is 0 Å². The van der Waals surface area contributed by atoms with Gasteiger partial charge in [-0.25, -0.2) is 4.39 Å². The summed E-state index contributed by atoms with van der Waals surface area (Å²) in [5.41, 5.74) is 7.56. The first-order chi connectivity index (χ1) is 9.93. The van der Waals surface area contributed by atoms with E-state index >= 15 is 0 Å². The molecule has 21 heavy (non-hydrogen) atoms. The van der Waals surface area contributed by atoms with Gasteiger partial charge in [0.1, 0.15) is 5.82 Å². The van der Waals surface area contributed by atoms with Crippen LogP contribution in [0.3, 0.4) is 0 Å². The Balaban J connectivity index is 2.32. The number of nitrogen functional groups attached to an aromatic ring is 1. The predicted octanol–water partition coefficient (Wildman–Crippen LogP) is 2.86. The summed E-state index contributed by atoms with van der Waals surface area (Å²) in [5, 5.41) is 8.76. The SMILES string of the molecule is Cc1c(N)cc(C(=O)N(C)c2ccc(C#N)cc2)cc1F. The molecule has 0 saturated heterocycles. The Morgan fingerprint density at radius 2 is 1.90 bits per heavy atom. The lowest BCUT2D eigenvalue weighted by molar-refractivity contribution is 0.0992. The molecule has 0 spiro atoms. The summed E-state index contributed by atoms with van der Waals surface area (Å²) >= 11 is 0. The fourth-order valence-electron chi connectivity index (χ4n) is 1.89. The van der Waals surface area contributed by atoms with Gasteiger partial charge in [-0.2, -0.15) is 5.26 Å². The van der Waals surface area contributed by atoms with Crippen LogP contribution in [0.1, 0.15) is 21.5 Å². The molecule has 0 atom stereocenters. The maximum atomic E-state index is 13.7. The van der Waals surface area contributed by atoms with Gasteiger partial charge in [0.25, 0.3) is 5.91 Å². The van der Waals surface area contributed by atoms with Crippen molar-refractivity contribution < 1.29 is 9.18 Å². The van der Waals surface area contributed by atoms with E-state index in [1.807, 2.05) is 6.07 Å². The third-order valence-corrected chi connectivity index (χ3v) is 3.32. The number of hydrogen-bond donors (Lipinski definition) is 1. The summed E-state index contributed by atoms with van der Waals surface area (Å²) in [6.45, 7) is 1.56. The van der Waals surface area contributed by atoms with E-state index < -0.39 is 5.82 Å². The fraction of sp³-hybridized carbons (Fsp3) is 0.125. The Bertz CT molecular complexity index is 709. The lowest BCUT2D eigenvalue weighted by Crippen LogP contribution is -2.26. The van der Waals surface area contributed by atoms with Gasteiger partial charge in [0.15, 0.2) is 0 Å². The van der Waals surface area contributed by atoms with Gasteiger partial charge in [0.05, 0.1) is 11.6 Å². The molecule has 0 aromatic heterocycles. The number of nitriles is 1. The van der Waals surface area contributed by atoms with Crippen molar-refractivity contribution in [1.29, 1.82) is 5.26 Å². The third kappa shape index (κ3) is 2.84. The molecule has 1 amide bonds. The Morgan fingerprint density at radius 3 is 2.43 bits per heavy atom. The minimum Gasteiger partial charge on any atom is -0.398 e. The van der Waals surface area contributed by atoms with Crippen LogP contribution < -0.4 is 10.6 Å². The normalized spacial score (nSPS) is 10.0. The van der Waals surface area contributed by atoms with Crippen LogP contribution in [0.15, 0.2) is 36.4 Å². The van der Waals surface area contributed by atoms with E-state index in [0.717, 1.165) is 0 Å². The van der Waals surface area contributed by atoms with Crippen molar-refractivity contribution in [2.75, 3.05) is 17.7 Å². The van der Waals surface area contributed by atoms with Gasteiger partial charge in [-0.05, 0) is 43.3 Å². The second kappa shape index (κ2) is 5.63. The molecular formula is C16H14FN3O. The summed E-state index contributed by atoms with van der Waals surface area (Å²) in [7, 11) is 1.58. The summed E-state index contributed by atoms with van der Waals surface area (Å²) in [4.78, 5) is 13.7. The first kappa shape index (κ1) is 14.5. The van der Waals surface area contributed by atoms with Crippen molar-refractivity contribution in [3.8, 4) is 6.07 Å². The Kier molecular flexibility index (Phi) is 3.90. The summed E-state index contributed by atoms with van der Waals surface area (Å²) in [6.07, 6.45) is 0. The van der Waals surface area contributed by atoms with E-state index in [0.29, 0.717) is 16.8 Å². The number of halogens is 1. The van der Waals surface area contributed by atoms with E-state index in [-0.39, 0.29) is 17.2 Å².